The van der Waals surface area contributed by atoms with Crippen LogP contribution in [0.15, 0.2) is 53.6 Å². The fraction of sp³-hybridized carbons (Fsp3) is 0.118. The van der Waals surface area contributed by atoms with Crippen molar-refractivity contribution in [2.45, 2.75) is 4.90 Å². The van der Waals surface area contributed by atoms with Crippen molar-refractivity contribution in [3.05, 3.63) is 54.5 Å². The molecule has 3 nitrogen and oxygen atoms in total. The Kier molecular flexibility index (Phi) is 4.15. The molecule has 0 spiro atoms. The Bertz CT molecular complexity index is 823. The number of rotatable bonds is 4. The zero-order valence-electron chi connectivity index (χ0n) is 12.2. The van der Waals surface area contributed by atoms with E-state index < -0.39 is 0 Å². The average Bonchev–Trinajstić information content (AvgIpc) is 2.55. The van der Waals surface area contributed by atoms with Crippen molar-refractivity contribution in [2.75, 3.05) is 13.4 Å². The molecule has 5 heteroatoms. The van der Waals surface area contributed by atoms with Crippen molar-refractivity contribution in [3.63, 3.8) is 0 Å². The molecule has 2 aromatic carbocycles. The molecule has 0 unspecified atom stereocenters. The zero-order chi connectivity index (χ0) is 15.5. The Balaban J connectivity index is 1.98. The lowest BCUT2D eigenvalue weighted by atomic mass is 10.2. The summed E-state index contributed by atoms with van der Waals surface area (Å²) in [5.74, 6) is 1.53. The summed E-state index contributed by atoms with van der Waals surface area (Å²) in [7, 11) is 1.61. The molecule has 0 radical (unpaired) electrons. The van der Waals surface area contributed by atoms with Gasteiger partial charge in [-0.25, -0.2) is 4.39 Å². The number of pyridine rings is 1. The number of fused-ring (bicyclic) bond motifs is 1. The highest BCUT2D eigenvalue weighted by Crippen LogP contribution is 2.32. The Hall–Kier alpha value is -2.27. The molecule has 22 heavy (non-hydrogen) atoms. The van der Waals surface area contributed by atoms with Gasteiger partial charge in [0.25, 0.3) is 0 Å². The van der Waals surface area contributed by atoms with Crippen LogP contribution in [0.2, 0.25) is 0 Å². The number of nitrogens with zero attached hydrogens (tertiary/aromatic N) is 1. The number of aromatic nitrogens is 1. The van der Waals surface area contributed by atoms with Gasteiger partial charge in [0.05, 0.1) is 12.6 Å². The van der Waals surface area contributed by atoms with E-state index in [4.69, 9.17) is 9.47 Å². The molecule has 0 bridgehead atoms. The lowest BCUT2D eigenvalue weighted by Gasteiger charge is -2.10. The van der Waals surface area contributed by atoms with Crippen LogP contribution in [0.3, 0.4) is 0 Å². The molecule has 0 aliphatic carbocycles. The van der Waals surface area contributed by atoms with E-state index in [1.807, 2.05) is 24.5 Å². The molecule has 0 N–H and O–H groups in total. The van der Waals surface area contributed by atoms with Gasteiger partial charge >= 0.3 is 0 Å². The van der Waals surface area contributed by atoms with Gasteiger partial charge in [-0.1, -0.05) is 0 Å². The molecule has 0 fully saturated rings. The van der Waals surface area contributed by atoms with Gasteiger partial charge in [0, 0.05) is 28.6 Å². The van der Waals surface area contributed by atoms with Gasteiger partial charge in [0.1, 0.15) is 23.1 Å². The van der Waals surface area contributed by atoms with Gasteiger partial charge in [-0.15, -0.1) is 11.8 Å². The summed E-state index contributed by atoms with van der Waals surface area (Å²) in [6.07, 6.45) is 3.49. The number of thioether (sulfide) groups is 1. The molecule has 1 heterocycles. The SMILES string of the molecule is COc1ccc2c(Oc3ccc(SC)c(F)c3)ccnc2c1. The molecule has 0 aliphatic heterocycles. The summed E-state index contributed by atoms with van der Waals surface area (Å²) in [5, 5.41) is 0.845. The Labute approximate surface area is 132 Å². The van der Waals surface area contributed by atoms with Crippen LogP contribution in [-0.4, -0.2) is 18.3 Å². The molecule has 0 amide bonds. The zero-order valence-corrected chi connectivity index (χ0v) is 13.0. The third kappa shape index (κ3) is 2.85. The first-order chi connectivity index (χ1) is 10.7. The van der Waals surface area contributed by atoms with Gasteiger partial charge in [0.15, 0.2) is 0 Å². The molecular formula is C17H14FNO2S. The second-order valence-electron chi connectivity index (χ2n) is 4.59. The van der Waals surface area contributed by atoms with Gasteiger partial charge in [0.2, 0.25) is 0 Å². The fourth-order valence-corrected chi connectivity index (χ4v) is 2.61. The van der Waals surface area contributed by atoms with Gasteiger partial charge < -0.3 is 9.47 Å². The maximum Gasteiger partial charge on any atom is 0.140 e. The van der Waals surface area contributed by atoms with E-state index in [-0.39, 0.29) is 5.82 Å². The third-order valence-electron chi connectivity index (χ3n) is 3.26. The van der Waals surface area contributed by atoms with Crippen LogP contribution in [0.4, 0.5) is 4.39 Å². The molecule has 0 atom stereocenters. The Morgan fingerprint density at radius 2 is 1.86 bits per heavy atom. The molecule has 3 aromatic rings. The first-order valence-electron chi connectivity index (χ1n) is 6.65. The standard InChI is InChI=1S/C17H14FNO2S/c1-20-11-3-5-13-15(10-11)19-8-7-16(13)21-12-4-6-17(22-2)14(18)9-12/h3-10H,1-2H3. The van der Waals surface area contributed by atoms with Gasteiger partial charge in [-0.3, -0.25) is 4.98 Å². The number of hydrogen-bond donors (Lipinski definition) is 0. The van der Waals surface area contributed by atoms with Crippen LogP contribution in [0.25, 0.3) is 10.9 Å². The first kappa shape index (κ1) is 14.7. The van der Waals surface area contributed by atoms with E-state index in [0.717, 1.165) is 16.7 Å². The van der Waals surface area contributed by atoms with Crippen molar-refractivity contribution in [1.82, 2.24) is 4.98 Å². The van der Waals surface area contributed by atoms with Gasteiger partial charge in [-0.2, -0.15) is 0 Å². The number of ether oxygens (including phenoxy) is 2. The lowest BCUT2D eigenvalue weighted by molar-refractivity contribution is 0.415. The summed E-state index contributed by atoms with van der Waals surface area (Å²) in [4.78, 5) is 4.89. The maximum atomic E-state index is 13.8. The van der Waals surface area contributed by atoms with Crippen LogP contribution in [0.5, 0.6) is 17.2 Å². The Morgan fingerprint density at radius 3 is 2.59 bits per heavy atom. The lowest BCUT2D eigenvalue weighted by Crippen LogP contribution is -1.90. The summed E-state index contributed by atoms with van der Waals surface area (Å²) in [6.45, 7) is 0. The van der Waals surface area contributed by atoms with E-state index in [1.165, 1.54) is 17.8 Å². The highest BCUT2D eigenvalue weighted by atomic mass is 32.2. The molecule has 0 saturated heterocycles. The predicted octanol–water partition coefficient (Wildman–Crippen LogP) is 4.90. The smallest absolute Gasteiger partial charge is 0.140 e. The normalized spacial score (nSPS) is 10.7. The monoisotopic (exact) mass is 315 g/mol. The minimum absolute atomic E-state index is 0.287. The third-order valence-corrected chi connectivity index (χ3v) is 4.03. The van der Waals surface area contributed by atoms with Gasteiger partial charge in [-0.05, 0) is 36.6 Å². The highest BCUT2D eigenvalue weighted by Gasteiger charge is 2.08. The topological polar surface area (TPSA) is 31.4 Å². The Morgan fingerprint density at radius 1 is 1.05 bits per heavy atom. The average molecular weight is 315 g/mol. The predicted molar refractivity (Wildman–Crippen MR) is 86.6 cm³/mol. The molecule has 3 rings (SSSR count). The minimum Gasteiger partial charge on any atom is -0.497 e. The van der Waals surface area contributed by atoms with Crippen LogP contribution < -0.4 is 9.47 Å². The molecule has 1 aromatic heterocycles. The van der Waals surface area contributed by atoms with E-state index in [9.17, 15) is 4.39 Å². The van der Waals surface area contributed by atoms with Crippen molar-refractivity contribution in [1.29, 1.82) is 0 Å². The summed E-state index contributed by atoms with van der Waals surface area (Å²) < 4.78 is 24.8. The summed E-state index contributed by atoms with van der Waals surface area (Å²) in [6, 6.07) is 12.2. The largest absolute Gasteiger partial charge is 0.497 e. The van der Waals surface area contributed by atoms with Crippen LogP contribution in [-0.2, 0) is 0 Å². The molecule has 0 saturated carbocycles. The van der Waals surface area contributed by atoms with E-state index >= 15 is 0 Å². The molecular weight excluding hydrogens is 301 g/mol. The maximum absolute atomic E-state index is 13.8. The van der Waals surface area contributed by atoms with Crippen molar-refractivity contribution in [3.8, 4) is 17.2 Å². The summed E-state index contributed by atoms with van der Waals surface area (Å²) in [5.41, 5.74) is 0.762. The number of hydrogen-bond acceptors (Lipinski definition) is 4. The van der Waals surface area contributed by atoms with E-state index in [2.05, 4.69) is 4.98 Å². The van der Waals surface area contributed by atoms with Crippen LogP contribution >= 0.6 is 11.8 Å². The van der Waals surface area contributed by atoms with Crippen molar-refractivity contribution >= 4 is 22.7 Å². The van der Waals surface area contributed by atoms with E-state index in [1.54, 1.807) is 31.5 Å². The first-order valence-corrected chi connectivity index (χ1v) is 7.88. The highest BCUT2D eigenvalue weighted by molar-refractivity contribution is 7.98. The minimum atomic E-state index is -0.287. The number of benzene rings is 2. The fourth-order valence-electron chi connectivity index (χ4n) is 2.16. The quantitative estimate of drug-likeness (QED) is 0.641. The number of methoxy groups -OCH3 is 1. The van der Waals surface area contributed by atoms with Crippen molar-refractivity contribution < 1.29 is 13.9 Å². The summed E-state index contributed by atoms with van der Waals surface area (Å²) >= 11 is 1.36. The molecule has 112 valence electrons. The number of halogens is 1. The second-order valence-corrected chi connectivity index (χ2v) is 5.44. The van der Waals surface area contributed by atoms with Crippen LogP contribution in [0, 0.1) is 5.82 Å². The van der Waals surface area contributed by atoms with Crippen molar-refractivity contribution in [2.24, 2.45) is 0 Å². The molecule has 0 aliphatic rings. The van der Waals surface area contributed by atoms with E-state index in [0.29, 0.717) is 16.4 Å². The van der Waals surface area contributed by atoms with Crippen LogP contribution in [0.1, 0.15) is 0 Å². The second kappa shape index (κ2) is 6.23.